The molecule has 4 nitrogen and oxygen atoms in total. The van der Waals surface area contributed by atoms with Gasteiger partial charge in [-0.15, -0.1) is 0 Å². The molecule has 0 aliphatic rings. The maximum absolute atomic E-state index is 12.7. The Morgan fingerprint density at radius 3 is 2.67 bits per heavy atom. The summed E-state index contributed by atoms with van der Waals surface area (Å²) in [7, 11) is 0. The van der Waals surface area contributed by atoms with E-state index in [2.05, 4.69) is 15.3 Å². The van der Waals surface area contributed by atoms with Gasteiger partial charge in [-0.05, 0) is 17.7 Å². The van der Waals surface area contributed by atoms with Gasteiger partial charge in [0.1, 0.15) is 23.1 Å². The molecule has 2 aromatic rings. The summed E-state index contributed by atoms with van der Waals surface area (Å²) in [5.74, 6) is -0.250. The molecule has 0 unspecified atom stereocenters. The number of hydrogen-bond donors (Lipinski definition) is 1. The molecule has 1 N–H and O–H groups in total. The molecule has 0 radical (unpaired) electrons. The van der Waals surface area contributed by atoms with Gasteiger partial charge in [-0.3, -0.25) is 4.79 Å². The Morgan fingerprint density at radius 1 is 1.28 bits per heavy atom. The first kappa shape index (κ1) is 12.4. The lowest BCUT2D eigenvalue weighted by molar-refractivity contribution is -0.115. The van der Waals surface area contributed by atoms with Crippen LogP contribution >= 0.6 is 11.6 Å². The lowest BCUT2D eigenvalue weighted by atomic mass is 10.1. The van der Waals surface area contributed by atoms with Crippen molar-refractivity contribution in [1.82, 2.24) is 9.97 Å². The first-order valence-corrected chi connectivity index (χ1v) is 5.53. The Morgan fingerprint density at radius 2 is 2.00 bits per heavy atom. The number of anilines is 1. The second-order valence-electron chi connectivity index (χ2n) is 3.58. The summed E-state index contributed by atoms with van der Waals surface area (Å²) >= 11 is 5.66. The number of nitrogens with one attached hydrogen (secondary N) is 1. The Hall–Kier alpha value is -2.01. The third kappa shape index (κ3) is 3.49. The molecule has 0 saturated carbocycles. The Kier molecular flexibility index (Phi) is 3.84. The number of hydrogen-bond acceptors (Lipinski definition) is 3. The van der Waals surface area contributed by atoms with Gasteiger partial charge in [-0.1, -0.05) is 23.7 Å². The summed E-state index contributed by atoms with van der Waals surface area (Å²) in [5, 5.41) is 2.83. The average molecular weight is 266 g/mol. The van der Waals surface area contributed by atoms with Crippen molar-refractivity contribution in [3.8, 4) is 0 Å². The normalized spacial score (nSPS) is 10.1. The number of halogens is 2. The molecule has 0 aliphatic heterocycles. The summed E-state index contributed by atoms with van der Waals surface area (Å²) < 4.78 is 12.7. The zero-order valence-electron chi connectivity index (χ0n) is 9.23. The number of aromatic nitrogens is 2. The van der Waals surface area contributed by atoms with Crippen molar-refractivity contribution < 1.29 is 9.18 Å². The fraction of sp³-hybridized carbons (Fsp3) is 0.0833. The number of nitrogens with zero attached hydrogens (tertiary/aromatic N) is 2. The standard InChI is InChI=1S/C12H9ClFN3O/c13-10-6-11(16-7-15-10)17-12(18)5-8-1-3-9(14)4-2-8/h1-4,6-7H,5H2,(H,15,16,17,18). The van der Waals surface area contributed by atoms with Crippen LogP contribution < -0.4 is 5.32 Å². The van der Waals surface area contributed by atoms with E-state index in [-0.39, 0.29) is 23.3 Å². The van der Waals surface area contributed by atoms with E-state index in [1.165, 1.54) is 24.5 Å². The Bertz CT molecular complexity index is 560. The highest BCUT2D eigenvalue weighted by atomic mass is 35.5. The van der Waals surface area contributed by atoms with Crippen LogP contribution in [0.1, 0.15) is 5.56 Å². The molecule has 92 valence electrons. The molecule has 2 rings (SSSR count). The van der Waals surface area contributed by atoms with Gasteiger partial charge in [-0.2, -0.15) is 0 Å². The fourth-order valence-electron chi connectivity index (χ4n) is 1.38. The Balaban J connectivity index is 1.98. The van der Waals surface area contributed by atoms with E-state index in [1.54, 1.807) is 12.1 Å². The molecule has 1 aromatic heterocycles. The molecular weight excluding hydrogens is 257 g/mol. The van der Waals surface area contributed by atoms with Crippen molar-refractivity contribution in [2.24, 2.45) is 0 Å². The van der Waals surface area contributed by atoms with Gasteiger partial charge < -0.3 is 5.32 Å². The van der Waals surface area contributed by atoms with Crippen LogP contribution in [-0.2, 0) is 11.2 Å². The predicted molar refractivity (Wildman–Crippen MR) is 65.8 cm³/mol. The van der Waals surface area contributed by atoms with Gasteiger partial charge in [0.05, 0.1) is 6.42 Å². The number of amides is 1. The highest BCUT2D eigenvalue weighted by Crippen LogP contribution is 2.09. The van der Waals surface area contributed by atoms with E-state index in [9.17, 15) is 9.18 Å². The highest BCUT2D eigenvalue weighted by Gasteiger charge is 2.05. The smallest absolute Gasteiger partial charge is 0.229 e. The quantitative estimate of drug-likeness (QED) is 0.868. The monoisotopic (exact) mass is 265 g/mol. The van der Waals surface area contributed by atoms with Crippen molar-refractivity contribution in [2.75, 3.05) is 5.32 Å². The van der Waals surface area contributed by atoms with Crippen LogP contribution in [0.2, 0.25) is 5.15 Å². The molecule has 6 heteroatoms. The molecule has 1 aromatic carbocycles. The summed E-state index contributed by atoms with van der Waals surface area (Å²) in [5.41, 5.74) is 0.717. The molecule has 0 atom stereocenters. The zero-order chi connectivity index (χ0) is 13.0. The molecule has 1 heterocycles. The van der Waals surface area contributed by atoms with Crippen molar-refractivity contribution in [3.63, 3.8) is 0 Å². The minimum atomic E-state index is -0.332. The minimum absolute atomic E-state index is 0.141. The highest BCUT2D eigenvalue weighted by molar-refractivity contribution is 6.29. The van der Waals surface area contributed by atoms with E-state index in [0.717, 1.165) is 0 Å². The topological polar surface area (TPSA) is 54.9 Å². The van der Waals surface area contributed by atoms with Crippen LogP contribution in [0.25, 0.3) is 0 Å². The lowest BCUT2D eigenvalue weighted by Crippen LogP contribution is -2.15. The second kappa shape index (κ2) is 5.55. The van der Waals surface area contributed by atoms with Crippen LogP contribution in [0, 0.1) is 5.82 Å². The van der Waals surface area contributed by atoms with E-state index in [1.807, 2.05) is 0 Å². The maximum atomic E-state index is 12.7. The van der Waals surface area contributed by atoms with Crippen LogP contribution in [0.3, 0.4) is 0 Å². The van der Waals surface area contributed by atoms with Crippen LogP contribution in [0.4, 0.5) is 10.2 Å². The third-order valence-electron chi connectivity index (χ3n) is 2.18. The first-order chi connectivity index (χ1) is 8.63. The van der Waals surface area contributed by atoms with E-state index < -0.39 is 0 Å². The maximum Gasteiger partial charge on any atom is 0.229 e. The summed E-state index contributed by atoms with van der Waals surface area (Å²) in [6, 6.07) is 7.18. The number of rotatable bonds is 3. The van der Waals surface area contributed by atoms with Crippen molar-refractivity contribution in [2.45, 2.75) is 6.42 Å². The van der Waals surface area contributed by atoms with Crippen molar-refractivity contribution in [1.29, 1.82) is 0 Å². The first-order valence-electron chi connectivity index (χ1n) is 5.15. The molecule has 0 saturated heterocycles. The van der Waals surface area contributed by atoms with Gasteiger partial charge in [0.25, 0.3) is 0 Å². The van der Waals surface area contributed by atoms with Crippen molar-refractivity contribution in [3.05, 3.63) is 53.2 Å². The molecular formula is C12H9ClFN3O. The number of benzene rings is 1. The van der Waals surface area contributed by atoms with Crippen molar-refractivity contribution >= 4 is 23.3 Å². The molecule has 0 spiro atoms. The van der Waals surface area contributed by atoms with Gasteiger partial charge >= 0.3 is 0 Å². The minimum Gasteiger partial charge on any atom is -0.310 e. The van der Waals surface area contributed by atoms with Gasteiger partial charge in [-0.25, -0.2) is 14.4 Å². The van der Waals surface area contributed by atoms with Crippen LogP contribution in [0.15, 0.2) is 36.7 Å². The van der Waals surface area contributed by atoms with Gasteiger partial charge in [0.15, 0.2) is 0 Å². The summed E-state index contributed by atoms with van der Waals surface area (Å²) in [6.45, 7) is 0. The van der Waals surface area contributed by atoms with Crippen LogP contribution in [-0.4, -0.2) is 15.9 Å². The molecule has 1 amide bonds. The van der Waals surface area contributed by atoms with Gasteiger partial charge in [0.2, 0.25) is 5.91 Å². The molecule has 18 heavy (non-hydrogen) atoms. The summed E-state index contributed by atoms with van der Waals surface area (Å²) in [4.78, 5) is 19.2. The molecule has 0 bridgehead atoms. The van der Waals surface area contributed by atoms with E-state index >= 15 is 0 Å². The van der Waals surface area contributed by atoms with E-state index in [4.69, 9.17) is 11.6 Å². The SMILES string of the molecule is O=C(Cc1ccc(F)cc1)Nc1cc(Cl)ncn1. The van der Waals surface area contributed by atoms with Gasteiger partial charge in [0, 0.05) is 6.07 Å². The second-order valence-corrected chi connectivity index (χ2v) is 3.96. The largest absolute Gasteiger partial charge is 0.310 e. The summed E-state index contributed by atoms with van der Waals surface area (Å²) in [6.07, 6.45) is 1.40. The number of carbonyl (C=O) groups is 1. The lowest BCUT2D eigenvalue weighted by Gasteiger charge is -2.04. The Labute approximate surface area is 108 Å². The fourth-order valence-corrected chi connectivity index (χ4v) is 1.52. The molecule has 0 fully saturated rings. The average Bonchev–Trinajstić information content (AvgIpc) is 2.32. The third-order valence-corrected chi connectivity index (χ3v) is 2.39. The van der Waals surface area contributed by atoms with E-state index in [0.29, 0.717) is 11.4 Å². The molecule has 0 aliphatic carbocycles. The zero-order valence-corrected chi connectivity index (χ0v) is 9.99. The van der Waals surface area contributed by atoms with Crippen LogP contribution in [0.5, 0.6) is 0 Å². The number of carbonyl (C=O) groups excluding carboxylic acids is 1. The predicted octanol–water partition coefficient (Wildman–Crippen LogP) is 2.45.